The first kappa shape index (κ1) is 19.5. The summed E-state index contributed by atoms with van der Waals surface area (Å²) in [6, 6.07) is 14.3. The number of nitrogens with zero attached hydrogens (tertiary/aromatic N) is 2. The Morgan fingerprint density at radius 1 is 1.00 bits per heavy atom. The van der Waals surface area contributed by atoms with Crippen LogP contribution in [-0.2, 0) is 6.54 Å². The van der Waals surface area contributed by atoms with Crippen LogP contribution in [0.2, 0.25) is 0 Å². The molecule has 0 atom stereocenters. The molecule has 3 rings (SSSR count). The Bertz CT molecular complexity index is 947. The van der Waals surface area contributed by atoms with Crippen molar-refractivity contribution in [1.82, 2.24) is 9.97 Å². The molecule has 0 aliphatic rings. The molecule has 2 N–H and O–H groups in total. The third-order valence-corrected chi connectivity index (χ3v) is 4.65. The summed E-state index contributed by atoms with van der Waals surface area (Å²) in [7, 11) is 0. The normalized spacial score (nSPS) is 10.8. The number of nitrogens with one attached hydrogen (secondary N) is 2. The molecule has 5 nitrogen and oxygen atoms in total. The Labute approximate surface area is 166 Å². The molecule has 3 aromatic rings. The summed E-state index contributed by atoms with van der Waals surface area (Å²) in [6.07, 6.45) is 3.10. The number of hydrogen-bond donors (Lipinski definition) is 2. The van der Waals surface area contributed by atoms with Crippen LogP contribution in [0.15, 0.2) is 54.9 Å². The van der Waals surface area contributed by atoms with Crippen LogP contribution in [0.4, 0.5) is 11.6 Å². The summed E-state index contributed by atoms with van der Waals surface area (Å²) in [6.45, 7) is 8.91. The third-order valence-electron chi connectivity index (χ3n) is 4.65. The Hall–Kier alpha value is -3.21. The average Bonchev–Trinajstić information content (AvgIpc) is 2.69. The zero-order valence-corrected chi connectivity index (χ0v) is 16.8. The van der Waals surface area contributed by atoms with E-state index in [1.165, 1.54) is 5.56 Å². The lowest BCUT2D eigenvalue weighted by Crippen LogP contribution is -2.16. The highest BCUT2D eigenvalue weighted by molar-refractivity contribution is 6.04. The summed E-state index contributed by atoms with van der Waals surface area (Å²) in [5.74, 6) is 0.608. The molecular weight excluding hydrogens is 348 g/mol. The molecule has 1 amide bonds. The molecule has 5 heteroatoms. The van der Waals surface area contributed by atoms with Gasteiger partial charge in [0.05, 0.1) is 5.56 Å². The highest BCUT2D eigenvalue weighted by Crippen LogP contribution is 2.27. The number of carbonyl (C=O) groups is 1. The Morgan fingerprint density at radius 3 is 2.32 bits per heavy atom. The van der Waals surface area contributed by atoms with Crippen LogP contribution < -0.4 is 10.6 Å². The lowest BCUT2D eigenvalue weighted by Gasteiger charge is -2.16. The largest absolute Gasteiger partial charge is 0.350 e. The van der Waals surface area contributed by atoms with E-state index in [9.17, 15) is 4.79 Å². The van der Waals surface area contributed by atoms with E-state index >= 15 is 0 Å². The van der Waals surface area contributed by atoms with Crippen LogP contribution in [-0.4, -0.2) is 15.9 Å². The van der Waals surface area contributed by atoms with Gasteiger partial charge in [0, 0.05) is 24.6 Å². The number of carbonyl (C=O) groups excluding carboxylic acids is 1. The zero-order chi connectivity index (χ0) is 20.1. The van der Waals surface area contributed by atoms with E-state index in [1.807, 2.05) is 25.1 Å². The molecule has 1 aromatic heterocycles. The van der Waals surface area contributed by atoms with Crippen molar-refractivity contribution in [3.63, 3.8) is 0 Å². The van der Waals surface area contributed by atoms with Gasteiger partial charge in [-0.25, -0.2) is 9.97 Å². The number of para-hydroxylation sites is 1. The summed E-state index contributed by atoms with van der Waals surface area (Å²) >= 11 is 0. The third kappa shape index (κ3) is 4.74. The molecule has 0 aliphatic carbocycles. The van der Waals surface area contributed by atoms with Crippen molar-refractivity contribution in [2.75, 3.05) is 10.6 Å². The van der Waals surface area contributed by atoms with Crippen LogP contribution in [0.5, 0.6) is 0 Å². The monoisotopic (exact) mass is 374 g/mol. The van der Waals surface area contributed by atoms with Gasteiger partial charge in [-0.3, -0.25) is 4.79 Å². The molecule has 0 fully saturated rings. The van der Waals surface area contributed by atoms with Gasteiger partial charge >= 0.3 is 0 Å². The van der Waals surface area contributed by atoms with Crippen molar-refractivity contribution < 1.29 is 4.79 Å². The molecule has 0 aliphatic heterocycles. The van der Waals surface area contributed by atoms with E-state index in [0.29, 0.717) is 24.0 Å². The number of rotatable bonds is 6. The molecule has 0 spiro atoms. The van der Waals surface area contributed by atoms with E-state index in [-0.39, 0.29) is 5.91 Å². The maximum Gasteiger partial charge on any atom is 0.258 e. The number of benzene rings is 2. The van der Waals surface area contributed by atoms with Gasteiger partial charge in [-0.05, 0) is 36.5 Å². The van der Waals surface area contributed by atoms with Gasteiger partial charge in [0.2, 0.25) is 5.95 Å². The molecule has 28 heavy (non-hydrogen) atoms. The van der Waals surface area contributed by atoms with Crippen molar-refractivity contribution in [2.24, 2.45) is 0 Å². The summed E-state index contributed by atoms with van der Waals surface area (Å²) in [4.78, 5) is 21.2. The molecule has 0 saturated carbocycles. The Kier molecular flexibility index (Phi) is 6.04. The molecule has 0 radical (unpaired) electrons. The number of aromatic nitrogens is 2. The lowest BCUT2D eigenvalue weighted by atomic mass is 9.98. The smallest absolute Gasteiger partial charge is 0.258 e. The summed E-state index contributed by atoms with van der Waals surface area (Å²) in [5, 5.41) is 6.20. The van der Waals surface area contributed by atoms with Crippen molar-refractivity contribution in [1.29, 1.82) is 0 Å². The van der Waals surface area contributed by atoms with Crippen LogP contribution >= 0.6 is 0 Å². The van der Waals surface area contributed by atoms with Gasteiger partial charge in [0.15, 0.2) is 0 Å². The van der Waals surface area contributed by atoms with Crippen LogP contribution in [0, 0.1) is 13.8 Å². The van der Waals surface area contributed by atoms with Crippen LogP contribution in [0.1, 0.15) is 52.4 Å². The number of hydrogen-bond acceptors (Lipinski definition) is 4. The second-order valence-corrected chi connectivity index (χ2v) is 7.28. The summed E-state index contributed by atoms with van der Waals surface area (Å²) in [5.41, 5.74) is 5.83. The minimum Gasteiger partial charge on any atom is -0.350 e. The van der Waals surface area contributed by atoms with Gasteiger partial charge < -0.3 is 10.6 Å². The Morgan fingerprint density at radius 2 is 1.68 bits per heavy atom. The second kappa shape index (κ2) is 8.65. The molecule has 0 unspecified atom stereocenters. The Balaban J connectivity index is 1.66. The van der Waals surface area contributed by atoms with Crippen molar-refractivity contribution in [3.8, 4) is 0 Å². The fraction of sp³-hybridized carbons (Fsp3) is 0.261. The number of aryl methyl sites for hydroxylation is 2. The highest BCUT2D eigenvalue weighted by atomic mass is 16.1. The van der Waals surface area contributed by atoms with Crippen molar-refractivity contribution in [3.05, 3.63) is 82.7 Å². The van der Waals surface area contributed by atoms with Gasteiger partial charge in [-0.1, -0.05) is 61.9 Å². The van der Waals surface area contributed by atoms with Crippen LogP contribution in [0.3, 0.4) is 0 Å². The fourth-order valence-corrected chi connectivity index (χ4v) is 2.95. The molecule has 144 valence electrons. The fourth-order valence-electron chi connectivity index (χ4n) is 2.95. The first-order chi connectivity index (χ1) is 13.4. The molecule has 0 bridgehead atoms. The maximum absolute atomic E-state index is 12.7. The van der Waals surface area contributed by atoms with Gasteiger partial charge in [-0.2, -0.15) is 0 Å². The predicted octanol–water partition coefficient (Wildman–Crippen LogP) is 5.08. The van der Waals surface area contributed by atoms with Crippen molar-refractivity contribution >= 4 is 17.5 Å². The molecular formula is C23H26N4O. The maximum atomic E-state index is 12.7. The van der Waals surface area contributed by atoms with E-state index in [4.69, 9.17) is 0 Å². The molecule has 0 saturated heterocycles. The van der Waals surface area contributed by atoms with Gasteiger partial charge in [0.1, 0.15) is 0 Å². The van der Waals surface area contributed by atoms with E-state index in [2.05, 4.69) is 65.6 Å². The molecule has 1 heterocycles. The predicted molar refractivity (Wildman–Crippen MR) is 114 cm³/mol. The van der Waals surface area contributed by atoms with E-state index < -0.39 is 0 Å². The minimum absolute atomic E-state index is 0.207. The minimum atomic E-state index is -0.207. The second-order valence-electron chi connectivity index (χ2n) is 7.28. The van der Waals surface area contributed by atoms with Gasteiger partial charge in [0.25, 0.3) is 5.91 Å². The van der Waals surface area contributed by atoms with Crippen molar-refractivity contribution in [2.45, 2.75) is 40.2 Å². The quantitative estimate of drug-likeness (QED) is 0.631. The standard InChI is InChI=1S/C23H26N4O/c1-15(2)20-7-5-6-17(4)21(20)27-22(28)19-13-25-23(26-14-19)24-12-18-10-8-16(3)9-11-18/h5-11,13-15H,12H2,1-4H3,(H,27,28)(H,24,25,26). The van der Waals surface area contributed by atoms with E-state index in [0.717, 1.165) is 22.4 Å². The average molecular weight is 374 g/mol. The molecule has 2 aromatic carbocycles. The highest BCUT2D eigenvalue weighted by Gasteiger charge is 2.14. The number of anilines is 2. The SMILES string of the molecule is Cc1ccc(CNc2ncc(C(=O)Nc3c(C)cccc3C(C)C)cn2)cc1. The first-order valence-electron chi connectivity index (χ1n) is 9.46. The zero-order valence-electron chi connectivity index (χ0n) is 16.8. The lowest BCUT2D eigenvalue weighted by molar-refractivity contribution is 0.102. The van der Waals surface area contributed by atoms with Gasteiger partial charge in [-0.15, -0.1) is 0 Å². The topological polar surface area (TPSA) is 66.9 Å². The van der Waals surface area contributed by atoms with E-state index in [1.54, 1.807) is 12.4 Å². The number of amides is 1. The van der Waals surface area contributed by atoms with Crippen LogP contribution in [0.25, 0.3) is 0 Å². The first-order valence-corrected chi connectivity index (χ1v) is 9.46. The summed E-state index contributed by atoms with van der Waals surface area (Å²) < 4.78 is 0.